The van der Waals surface area contributed by atoms with Gasteiger partial charge in [0.25, 0.3) is 0 Å². The lowest BCUT2D eigenvalue weighted by molar-refractivity contribution is 0.0696. The molecule has 18 heavy (non-hydrogen) atoms. The van der Waals surface area contributed by atoms with E-state index in [1.165, 1.54) is 24.3 Å². The lowest BCUT2D eigenvalue weighted by Gasteiger charge is -2.08. The molecule has 1 rings (SSSR count). The van der Waals surface area contributed by atoms with Gasteiger partial charge in [0.2, 0.25) is 0 Å². The van der Waals surface area contributed by atoms with E-state index in [9.17, 15) is 13.2 Å². The van der Waals surface area contributed by atoms with Gasteiger partial charge in [-0.15, -0.1) is 0 Å². The zero-order valence-electron chi connectivity index (χ0n) is 10.3. The Balaban J connectivity index is 2.76. The van der Waals surface area contributed by atoms with Gasteiger partial charge >= 0.3 is 5.97 Å². The molecular formula is C12H16O5S. The van der Waals surface area contributed by atoms with Crippen molar-refractivity contribution in [3.05, 3.63) is 29.8 Å². The Bertz CT molecular complexity index is 502. The molecule has 0 bridgehead atoms. The van der Waals surface area contributed by atoms with E-state index in [1.807, 2.05) is 13.8 Å². The molecule has 0 atom stereocenters. The number of carbonyl (C=O) groups is 1. The number of ether oxygens (including phenoxy) is 1. The highest BCUT2D eigenvalue weighted by molar-refractivity contribution is 7.91. The first-order chi connectivity index (χ1) is 8.33. The molecule has 0 aromatic heterocycles. The second-order valence-corrected chi connectivity index (χ2v) is 6.18. The summed E-state index contributed by atoms with van der Waals surface area (Å²) in [5, 5.41) is 8.71. The molecule has 0 spiro atoms. The van der Waals surface area contributed by atoms with E-state index < -0.39 is 15.8 Å². The maximum atomic E-state index is 11.9. The maximum absolute atomic E-state index is 11.9. The molecule has 5 nitrogen and oxygen atoms in total. The number of hydrogen-bond donors (Lipinski definition) is 1. The highest BCUT2D eigenvalue weighted by atomic mass is 32.2. The summed E-state index contributed by atoms with van der Waals surface area (Å²) in [7, 11) is -3.42. The third-order valence-electron chi connectivity index (χ3n) is 2.26. The van der Waals surface area contributed by atoms with Gasteiger partial charge in [0.15, 0.2) is 9.84 Å². The van der Waals surface area contributed by atoms with Crippen LogP contribution in [0.4, 0.5) is 0 Å². The number of aromatic carboxylic acids is 1. The predicted octanol–water partition coefficient (Wildman–Crippen LogP) is 1.58. The smallest absolute Gasteiger partial charge is 0.335 e. The molecule has 0 aliphatic rings. The molecule has 1 aromatic carbocycles. The molecule has 0 fully saturated rings. The Morgan fingerprint density at radius 3 is 2.28 bits per heavy atom. The third kappa shape index (κ3) is 4.12. The van der Waals surface area contributed by atoms with Crippen molar-refractivity contribution in [1.29, 1.82) is 0 Å². The number of rotatable bonds is 6. The average molecular weight is 272 g/mol. The summed E-state index contributed by atoms with van der Waals surface area (Å²) >= 11 is 0. The number of carboxylic acids is 1. The molecule has 0 saturated heterocycles. The van der Waals surface area contributed by atoms with E-state index in [-0.39, 0.29) is 28.9 Å². The van der Waals surface area contributed by atoms with Crippen LogP contribution in [0.25, 0.3) is 0 Å². The Morgan fingerprint density at radius 1 is 1.28 bits per heavy atom. The lowest BCUT2D eigenvalue weighted by Crippen LogP contribution is -2.15. The van der Waals surface area contributed by atoms with Gasteiger partial charge in [0, 0.05) is 0 Å². The second-order valence-electron chi connectivity index (χ2n) is 4.07. The molecule has 0 amide bonds. The van der Waals surface area contributed by atoms with Gasteiger partial charge in [0.05, 0.1) is 28.9 Å². The molecule has 0 radical (unpaired) electrons. The molecule has 0 heterocycles. The molecule has 0 aliphatic carbocycles. The number of sulfone groups is 1. The topological polar surface area (TPSA) is 80.7 Å². The van der Waals surface area contributed by atoms with Crippen LogP contribution in [0.5, 0.6) is 0 Å². The van der Waals surface area contributed by atoms with Gasteiger partial charge < -0.3 is 9.84 Å². The summed E-state index contributed by atoms with van der Waals surface area (Å²) in [6, 6.07) is 5.15. The van der Waals surface area contributed by atoms with E-state index in [2.05, 4.69) is 0 Å². The zero-order valence-corrected chi connectivity index (χ0v) is 11.1. The minimum Gasteiger partial charge on any atom is -0.478 e. The van der Waals surface area contributed by atoms with Gasteiger partial charge in [0.1, 0.15) is 0 Å². The third-order valence-corrected chi connectivity index (χ3v) is 3.96. The highest BCUT2D eigenvalue weighted by Crippen LogP contribution is 2.12. The molecule has 100 valence electrons. The molecule has 6 heteroatoms. The van der Waals surface area contributed by atoms with Gasteiger partial charge in [-0.1, -0.05) is 0 Å². The van der Waals surface area contributed by atoms with Crippen LogP contribution in [0.15, 0.2) is 29.2 Å². The summed E-state index contributed by atoms with van der Waals surface area (Å²) in [5.41, 5.74) is 0.0624. The standard InChI is InChI=1S/C12H16O5S/c1-9(2)17-7-8-18(15,16)11-5-3-10(4-6-11)12(13)14/h3-6,9H,7-8H2,1-2H3,(H,13,14). The fourth-order valence-corrected chi connectivity index (χ4v) is 2.42. The molecule has 0 aliphatic heterocycles. The minimum atomic E-state index is -3.42. The minimum absolute atomic E-state index is 0.0189. The van der Waals surface area contributed by atoms with Crippen molar-refractivity contribution >= 4 is 15.8 Å². The van der Waals surface area contributed by atoms with Crippen molar-refractivity contribution in [2.24, 2.45) is 0 Å². The van der Waals surface area contributed by atoms with Crippen molar-refractivity contribution < 1.29 is 23.1 Å². The normalized spacial score (nSPS) is 11.7. The quantitative estimate of drug-likeness (QED) is 0.850. The monoisotopic (exact) mass is 272 g/mol. The Labute approximate surface area is 106 Å². The van der Waals surface area contributed by atoms with Crippen LogP contribution in [0.3, 0.4) is 0 Å². The first-order valence-electron chi connectivity index (χ1n) is 5.50. The highest BCUT2D eigenvalue weighted by Gasteiger charge is 2.15. The molecule has 0 saturated carbocycles. The van der Waals surface area contributed by atoms with Gasteiger partial charge in [-0.3, -0.25) is 0 Å². The van der Waals surface area contributed by atoms with Crippen molar-refractivity contribution in [1.82, 2.24) is 0 Å². The van der Waals surface area contributed by atoms with Crippen LogP contribution in [0.1, 0.15) is 24.2 Å². The van der Waals surface area contributed by atoms with Crippen LogP contribution in [-0.2, 0) is 14.6 Å². The summed E-state index contributed by atoms with van der Waals surface area (Å²) in [4.78, 5) is 10.8. The average Bonchev–Trinajstić information content (AvgIpc) is 2.28. The van der Waals surface area contributed by atoms with E-state index in [0.717, 1.165) is 0 Å². The first-order valence-corrected chi connectivity index (χ1v) is 7.16. The van der Waals surface area contributed by atoms with E-state index in [0.29, 0.717) is 0 Å². The van der Waals surface area contributed by atoms with E-state index in [1.54, 1.807) is 0 Å². The van der Waals surface area contributed by atoms with Crippen LogP contribution < -0.4 is 0 Å². The van der Waals surface area contributed by atoms with Crippen LogP contribution in [0, 0.1) is 0 Å². The lowest BCUT2D eigenvalue weighted by atomic mass is 10.2. The first kappa shape index (κ1) is 14.7. The molecule has 0 unspecified atom stereocenters. The van der Waals surface area contributed by atoms with Crippen molar-refractivity contribution in [2.75, 3.05) is 12.4 Å². The fourth-order valence-electron chi connectivity index (χ4n) is 1.32. The van der Waals surface area contributed by atoms with Gasteiger partial charge in [-0.2, -0.15) is 0 Å². The van der Waals surface area contributed by atoms with E-state index >= 15 is 0 Å². The summed E-state index contributed by atoms with van der Waals surface area (Å²) < 4.78 is 28.9. The Kier molecular flexibility index (Phi) is 4.86. The van der Waals surface area contributed by atoms with Gasteiger partial charge in [-0.25, -0.2) is 13.2 Å². The largest absolute Gasteiger partial charge is 0.478 e. The predicted molar refractivity (Wildman–Crippen MR) is 66.5 cm³/mol. The van der Waals surface area contributed by atoms with Crippen molar-refractivity contribution in [3.63, 3.8) is 0 Å². The van der Waals surface area contributed by atoms with Crippen molar-refractivity contribution in [2.45, 2.75) is 24.8 Å². The number of benzene rings is 1. The number of hydrogen-bond acceptors (Lipinski definition) is 4. The second kappa shape index (κ2) is 5.97. The zero-order chi connectivity index (χ0) is 13.8. The molecule has 1 N–H and O–H groups in total. The van der Waals surface area contributed by atoms with Crippen molar-refractivity contribution in [3.8, 4) is 0 Å². The molecular weight excluding hydrogens is 256 g/mol. The van der Waals surface area contributed by atoms with Crippen LogP contribution in [0.2, 0.25) is 0 Å². The summed E-state index contributed by atoms with van der Waals surface area (Å²) in [5.74, 6) is -1.19. The van der Waals surface area contributed by atoms with E-state index in [4.69, 9.17) is 9.84 Å². The number of carboxylic acid groups (broad SMARTS) is 1. The van der Waals surface area contributed by atoms with Gasteiger partial charge in [-0.05, 0) is 38.1 Å². The summed E-state index contributed by atoms with van der Waals surface area (Å²) in [6.07, 6.45) is -0.0189. The SMILES string of the molecule is CC(C)OCCS(=O)(=O)c1ccc(C(=O)O)cc1. The maximum Gasteiger partial charge on any atom is 0.335 e. The Hall–Kier alpha value is -1.40. The summed E-state index contributed by atoms with van der Waals surface area (Å²) in [6.45, 7) is 3.78. The fraction of sp³-hybridized carbons (Fsp3) is 0.417. The van der Waals surface area contributed by atoms with Crippen LogP contribution in [-0.4, -0.2) is 38.0 Å². The Morgan fingerprint density at radius 2 is 1.83 bits per heavy atom. The van der Waals surface area contributed by atoms with Crippen LogP contribution >= 0.6 is 0 Å². The molecule has 1 aromatic rings.